The third kappa shape index (κ3) is 4.36. The molecule has 0 radical (unpaired) electrons. The summed E-state index contributed by atoms with van der Waals surface area (Å²) in [6.07, 6.45) is 1.05. The molecule has 0 amide bonds. The third-order valence-corrected chi connectivity index (χ3v) is 3.24. The first kappa shape index (κ1) is 14.0. The van der Waals surface area contributed by atoms with Crippen molar-refractivity contribution in [1.82, 2.24) is 10.2 Å². The van der Waals surface area contributed by atoms with Crippen LogP contribution in [0.15, 0.2) is 24.3 Å². The SMILES string of the molecule is CCC(NCC(C)N(C)C)c1ccc(O)cc1. The van der Waals surface area contributed by atoms with Crippen LogP contribution < -0.4 is 5.32 Å². The number of phenols is 1. The van der Waals surface area contributed by atoms with Gasteiger partial charge in [0, 0.05) is 18.6 Å². The highest BCUT2D eigenvalue weighted by atomic mass is 16.3. The first-order chi connectivity index (χ1) is 8.04. The minimum absolute atomic E-state index is 0.324. The number of aromatic hydroxyl groups is 1. The Morgan fingerprint density at radius 2 is 1.82 bits per heavy atom. The molecule has 0 aliphatic heterocycles. The summed E-state index contributed by atoms with van der Waals surface area (Å²) in [5.74, 6) is 0.324. The molecule has 0 heterocycles. The number of hydrogen-bond acceptors (Lipinski definition) is 3. The molecular formula is C14H24N2O. The van der Waals surface area contributed by atoms with E-state index < -0.39 is 0 Å². The van der Waals surface area contributed by atoms with Gasteiger partial charge in [0.15, 0.2) is 0 Å². The van der Waals surface area contributed by atoms with Gasteiger partial charge in [-0.1, -0.05) is 19.1 Å². The van der Waals surface area contributed by atoms with Gasteiger partial charge in [0.1, 0.15) is 5.75 Å². The number of hydrogen-bond donors (Lipinski definition) is 2. The fourth-order valence-electron chi connectivity index (χ4n) is 1.70. The van der Waals surface area contributed by atoms with Crippen LogP contribution in [0.2, 0.25) is 0 Å². The summed E-state index contributed by atoms with van der Waals surface area (Å²) < 4.78 is 0. The van der Waals surface area contributed by atoms with Gasteiger partial charge >= 0.3 is 0 Å². The van der Waals surface area contributed by atoms with Crippen LogP contribution in [0, 0.1) is 0 Å². The van der Waals surface area contributed by atoms with Gasteiger partial charge in [0.05, 0.1) is 0 Å². The molecule has 17 heavy (non-hydrogen) atoms. The largest absolute Gasteiger partial charge is 0.508 e. The van der Waals surface area contributed by atoms with Crippen LogP contribution in [0.3, 0.4) is 0 Å². The molecule has 3 heteroatoms. The zero-order valence-electron chi connectivity index (χ0n) is 11.3. The molecule has 96 valence electrons. The van der Waals surface area contributed by atoms with Crippen molar-refractivity contribution in [2.45, 2.75) is 32.4 Å². The lowest BCUT2D eigenvalue weighted by molar-refractivity contribution is 0.292. The lowest BCUT2D eigenvalue weighted by Crippen LogP contribution is -2.37. The van der Waals surface area contributed by atoms with Crippen LogP contribution in [0.5, 0.6) is 5.75 Å². The monoisotopic (exact) mass is 236 g/mol. The van der Waals surface area contributed by atoms with Crippen LogP contribution in [0.4, 0.5) is 0 Å². The minimum atomic E-state index is 0.324. The maximum atomic E-state index is 9.27. The molecule has 0 fully saturated rings. The van der Waals surface area contributed by atoms with Crippen molar-refractivity contribution in [3.8, 4) is 5.75 Å². The third-order valence-electron chi connectivity index (χ3n) is 3.24. The van der Waals surface area contributed by atoms with Gasteiger partial charge in [-0.2, -0.15) is 0 Å². The molecule has 0 saturated carbocycles. The lowest BCUT2D eigenvalue weighted by Gasteiger charge is -2.24. The van der Waals surface area contributed by atoms with Gasteiger partial charge in [-0.3, -0.25) is 0 Å². The summed E-state index contributed by atoms with van der Waals surface area (Å²) in [4.78, 5) is 2.20. The minimum Gasteiger partial charge on any atom is -0.508 e. The van der Waals surface area contributed by atoms with Gasteiger partial charge in [-0.05, 0) is 45.1 Å². The van der Waals surface area contributed by atoms with Crippen LogP contribution >= 0.6 is 0 Å². The number of phenolic OH excluding ortho intramolecular Hbond substituents is 1. The number of likely N-dealkylation sites (N-methyl/N-ethyl adjacent to an activating group) is 1. The average Bonchev–Trinajstić information content (AvgIpc) is 2.31. The summed E-state index contributed by atoms with van der Waals surface area (Å²) in [7, 11) is 4.18. The summed E-state index contributed by atoms with van der Waals surface area (Å²) in [6.45, 7) is 5.34. The highest BCUT2D eigenvalue weighted by Crippen LogP contribution is 2.19. The maximum Gasteiger partial charge on any atom is 0.115 e. The van der Waals surface area contributed by atoms with Crippen molar-refractivity contribution < 1.29 is 5.11 Å². The summed E-state index contributed by atoms with van der Waals surface area (Å²) >= 11 is 0. The second-order valence-corrected chi connectivity index (χ2v) is 4.77. The topological polar surface area (TPSA) is 35.5 Å². The average molecular weight is 236 g/mol. The Balaban J connectivity index is 2.57. The number of benzene rings is 1. The molecule has 2 atom stereocenters. The van der Waals surface area contributed by atoms with Crippen molar-refractivity contribution >= 4 is 0 Å². The zero-order chi connectivity index (χ0) is 12.8. The van der Waals surface area contributed by atoms with Crippen molar-refractivity contribution in [3.05, 3.63) is 29.8 Å². The fourth-order valence-corrected chi connectivity index (χ4v) is 1.70. The molecule has 0 aliphatic rings. The molecule has 2 N–H and O–H groups in total. The van der Waals surface area contributed by atoms with Crippen molar-refractivity contribution in [2.24, 2.45) is 0 Å². The Morgan fingerprint density at radius 1 is 1.24 bits per heavy atom. The Morgan fingerprint density at radius 3 is 2.29 bits per heavy atom. The molecule has 0 aromatic heterocycles. The van der Waals surface area contributed by atoms with E-state index in [0.29, 0.717) is 17.8 Å². The number of nitrogens with one attached hydrogen (secondary N) is 1. The van der Waals surface area contributed by atoms with Gasteiger partial charge in [-0.25, -0.2) is 0 Å². The van der Waals surface area contributed by atoms with E-state index in [4.69, 9.17) is 0 Å². The predicted octanol–water partition coefficient (Wildman–Crippen LogP) is 2.38. The van der Waals surface area contributed by atoms with Crippen molar-refractivity contribution in [2.75, 3.05) is 20.6 Å². The normalized spacial score (nSPS) is 14.9. The van der Waals surface area contributed by atoms with Crippen molar-refractivity contribution in [3.63, 3.8) is 0 Å². The Bertz CT molecular complexity index is 321. The molecular weight excluding hydrogens is 212 g/mol. The molecule has 0 aliphatic carbocycles. The predicted molar refractivity (Wildman–Crippen MR) is 72.3 cm³/mol. The van der Waals surface area contributed by atoms with E-state index in [1.807, 2.05) is 12.1 Å². The zero-order valence-corrected chi connectivity index (χ0v) is 11.3. The van der Waals surface area contributed by atoms with E-state index in [2.05, 4.69) is 38.2 Å². The standard InChI is InChI=1S/C14H24N2O/c1-5-14(15-10-11(2)16(3)4)12-6-8-13(17)9-7-12/h6-9,11,14-15,17H,5,10H2,1-4H3. The Kier molecular flexibility index (Phi) is 5.45. The van der Waals surface area contributed by atoms with Gasteiger partial charge in [0.2, 0.25) is 0 Å². The van der Waals surface area contributed by atoms with Crippen LogP contribution in [-0.4, -0.2) is 36.7 Å². The fraction of sp³-hybridized carbons (Fsp3) is 0.571. The van der Waals surface area contributed by atoms with Gasteiger partial charge in [-0.15, -0.1) is 0 Å². The molecule has 3 nitrogen and oxygen atoms in total. The number of rotatable bonds is 6. The molecule has 0 bridgehead atoms. The maximum absolute atomic E-state index is 9.27. The summed E-state index contributed by atoms with van der Waals surface area (Å²) in [5.41, 5.74) is 1.23. The quantitative estimate of drug-likeness (QED) is 0.796. The Hall–Kier alpha value is -1.06. The number of nitrogens with zero attached hydrogens (tertiary/aromatic N) is 1. The van der Waals surface area contributed by atoms with Gasteiger partial charge in [0.25, 0.3) is 0 Å². The van der Waals surface area contributed by atoms with E-state index in [9.17, 15) is 5.11 Å². The molecule has 0 spiro atoms. The van der Waals surface area contributed by atoms with E-state index in [-0.39, 0.29) is 0 Å². The van der Waals surface area contributed by atoms with E-state index in [1.54, 1.807) is 12.1 Å². The van der Waals surface area contributed by atoms with E-state index >= 15 is 0 Å². The van der Waals surface area contributed by atoms with Crippen molar-refractivity contribution in [1.29, 1.82) is 0 Å². The summed E-state index contributed by atoms with van der Waals surface area (Å²) in [5, 5.41) is 12.8. The van der Waals surface area contributed by atoms with E-state index in [1.165, 1.54) is 5.56 Å². The second kappa shape index (κ2) is 6.62. The first-order valence-corrected chi connectivity index (χ1v) is 6.23. The molecule has 2 unspecified atom stereocenters. The van der Waals surface area contributed by atoms with Crippen LogP contribution in [-0.2, 0) is 0 Å². The van der Waals surface area contributed by atoms with Crippen LogP contribution in [0.25, 0.3) is 0 Å². The highest BCUT2D eigenvalue weighted by Gasteiger charge is 2.11. The molecule has 1 aromatic rings. The smallest absolute Gasteiger partial charge is 0.115 e. The van der Waals surface area contributed by atoms with Gasteiger partial charge < -0.3 is 15.3 Å². The first-order valence-electron chi connectivity index (χ1n) is 6.23. The van der Waals surface area contributed by atoms with Crippen LogP contribution in [0.1, 0.15) is 31.9 Å². The second-order valence-electron chi connectivity index (χ2n) is 4.77. The summed E-state index contributed by atoms with van der Waals surface area (Å²) in [6, 6.07) is 8.33. The lowest BCUT2D eigenvalue weighted by atomic mass is 10.0. The highest BCUT2D eigenvalue weighted by molar-refractivity contribution is 5.27. The Labute approximate surface area is 104 Å². The molecule has 1 rings (SSSR count). The molecule has 1 aromatic carbocycles. The van der Waals surface area contributed by atoms with E-state index in [0.717, 1.165) is 13.0 Å². The molecule has 0 saturated heterocycles.